The number of ether oxygens (including phenoxy) is 2. The Kier molecular flexibility index (Phi) is 4.92. The number of benzene rings is 1. The molecule has 1 aliphatic carbocycles. The third-order valence-electron chi connectivity index (χ3n) is 6.31. The second-order valence-corrected chi connectivity index (χ2v) is 8.24. The van der Waals surface area contributed by atoms with Gasteiger partial charge in [0.15, 0.2) is 17.3 Å². The SMILES string of the molecule is Cc1c(C(=O)N2CCN(C(=O)[C@H]3COc4ccccc4O3)CC2)[nH]c2c1C(=O)CCC2. The Balaban J connectivity index is 1.22. The molecule has 5 rings (SSSR count). The van der Waals surface area contributed by atoms with E-state index < -0.39 is 6.10 Å². The molecule has 0 bridgehead atoms. The van der Waals surface area contributed by atoms with Crippen molar-refractivity contribution in [3.8, 4) is 11.5 Å². The number of nitrogens with zero attached hydrogens (tertiary/aromatic N) is 2. The summed E-state index contributed by atoms with van der Waals surface area (Å²) in [4.78, 5) is 44.9. The number of nitrogens with one attached hydrogen (secondary N) is 1. The van der Waals surface area contributed by atoms with Crippen LogP contribution >= 0.6 is 0 Å². The van der Waals surface area contributed by atoms with E-state index in [9.17, 15) is 14.4 Å². The molecule has 1 fully saturated rings. The van der Waals surface area contributed by atoms with Gasteiger partial charge in [0.25, 0.3) is 11.8 Å². The monoisotopic (exact) mass is 423 g/mol. The maximum absolute atomic E-state index is 13.1. The van der Waals surface area contributed by atoms with E-state index >= 15 is 0 Å². The number of para-hydroxylation sites is 2. The number of rotatable bonds is 2. The highest BCUT2D eigenvalue weighted by molar-refractivity contribution is 6.04. The lowest BCUT2D eigenvalue weighted by atomic mass is 9.93. The average Bonchev–Trinajstić information content (AvgIpc) is 3.15. The minimum atomic E-state index is -0.680. The number of Topliss-reactive ketones (excluding diaryl/α,β-unsaturated/α-hetero) is 1. The molecule has 2 aromatic rings. The van der Waals surface area contributed by atoms with Gasteiger partial charge in [0.05, 0.1) is 0 Å². The highest BCUT2D eigenvalue weighted by Gasteiger charge is 2.35. The van der Waals surface area contributed by atoms with Crippen LogP contribution in [-0.4, -0.2) is 71.3 Å². The zero-order valence-electron chi connectivity index (χ0n) is 17.5. The van der Waals surface area contributed by atoms with E-state index in [0.29, 0.717) is 55.4 Å². The van der Waals surface area contributed by atoms with Gasteiger partial charge in [-0.2, -0.15) is 0 Å². The third-order valence-corrected chi connectivity index (χ3v) is 6.31. The van der Waals surface area contributed by atoms with Gasteiger partial charge in [0.1, 0.15) is 12.3 Å². The van der Waals surface area contributed by atoms with Crippen molar-refractivity contribution < 1.29 is 23.9 Å². The molecule has 8 nitrogen and oxygen atoms in total. The summed E-state index contributed by atoms with van der Waals surface area (Å²) < 4.78 is 11.5. The Hall–Kier alpha value is -3.29. The number of fused-ring (bicyclic) bond motifs is 2. The van der Waals surface area contributed by atoms with Crippen molar-refractivity contribution in [1.82, 2.24) is 14.8 Å². The molecule has 0 spiro atoms. The van der Waals surface area contributed by atoms with Crippen molar-refractivity contribution in [2.24, 2.45) is 0 Å². The first-order chi connectivity index (χ1) is 15.0. The van der Waals surface area contributed by atoms with E-state index in [2.05, 4.69) is 4.98 Å². The second kappa shape index (κ2) is 7.76. The smallest absolute Gasteiger partial charge is 0.270 e. The summed E-state index contributed by atoms with van der Waals surface area (Å²) in [5, 5.41) is 0. The van der Waals surface area contributed by atoms with E-state index in [4.69, 9.17) is 9.47 Å². The van der Waals surface area contributed by atoms with Gasteiger partial charge in [-0.3, -0.25) is 14.4 Å². The van der Waals surface area contributed by atoms with Crippen LogP contribution in [0.3, 0.4) is 0 Å². The summed E-state index contributed by atoms with van der Waals surface area (Å²) in [6.45, 7) is 3.76. The lowest BCUT2D eigenvalue weighted by Gasteiger charge is -2.37. The Labute approximate surface area is 180 Å². The Morgan fingerprint density at radius 3 is 2.48 bits per heavy atom. The topological polar surface area (TPSA) is 91.9 Å². The molecule has 1 N–H and O–H groups in total. The molecule has 0 unspecified atom stereocenters. The fraction of sp³-hybridized carbons (Fsp3) is 0.435. The molecule has 31 heavy (non-hydrogen) atoms. The zero-order chi connectivity index (χ0) is 21.5. The minimum Gasteiger partial charge on any atom is -0.485 e. The van der Waals surface area contributed by atoms with Gasteiger partial charge >= 0.3 is 0 Å². The van der Waals surface area contributed by atoms with Crippen LogP contribution in [0.1, 0.15) is 44.9 Å². The first-order valence-electron chi connectivity index (χ1n) is 10.7. The number of amides is 2. The lowest BCUT2D eigenvalue weighted by Crippen LogP contribution is -2.55. The van der Waals surface area contributed by atoms with Crippen LogP contribution < -0.4 is 9.47 Å². The van der Waals surface area contributed by atoms with E-state index in [1.54, 1.807) is 15.9 Å². The highest BCUT2D eigenvalue weighted by Crippen LogP contribution is 2.31. The third kappa shape index (κ3) is 3.45. The predicted molar refractivity (Wildman–Crippen MR) is 112 cm³/mol. The average molecular weight is 423 g/mol. The molecule has 3 heterocycles. The molecule has 0 radical (unpaired) electrons. The Morgan fingerprint density at radius 1 is 1.03 bits per heavy atom. The molecule has 0 saturated carbocycles. The van der Waals surface area contributed by atoms with E-state index in [1.807, 2.05) is 25.1 Å². The molecule has 8 heteroatoms. The number of aromatic amines is 1. The largest absolute Gasteiger partial charge is 0.485 e. The Bertz CT molecular complexity index is 1050. The molecule has 2 amide bonds. The normalized spacial score (nSPS) is 20.4. The molecule has 1 atom stereocenters. The van der Waals surface area contributed by atoms with Crippen LogP contribution in [0.25, 0.3) is 0 Å². The maximum atomic E-state index is 13.1. The fourth-order valence-corrected chi connectivity index (χ4v) is 4.62. The number of carbonyl (C=O) groups excluding carboxylic acids is 3. The molecule has 1 aromatic carbocycles. The number of H-pyrrole nitrogens is 1. The van der Waals surface area contributed by atoms with Crippen molar-refractivity contribution >= 4 is 17.6 Å². The lowest BCUT2D eigenvalue weighted by molar-refractivity contribution is -0.142. The number of hydrogen-bond donors (Lipinski definition) is 1. The molecular formula is C23H25N3O5. The molecular weight excluding hydrogens is 398 g/mol. The summed E-state index contributed by atoms with van der Waals surface area (Å²) in [6.07, 6.45) is 1.47. The van der Waals surface area contributed by atoms with Gasteiger partial charge in [-0.15, -0.1) is 0 Å². The van der Waals surface area contributed by atoms with Gasteiger partial charge in [-0.1, -0.05) is 12.1 Å². The van der Waals surface area contributed by atoms with Crippen LogP contribution in [0.5, 0.6) is 11.5 Å². The van der Waals surface area contributed by atoms with Gasteiger partial charge in [-0.05, 0) is 37.5 Å². The number of piperazine rings is 1. The highest BCUT2D eigenvalue weighted by atomic mass is 16.6. The van der Waals surface area contributed by atoms with Gasteiger partial charge in [-0.25, -0.2) is 0 Å². The summed E-state index contributed by atoms with van der Waals surface area (Å²) in [5.41, 5.74) is 2.81. The van der Waals surface area contributed by atoms with Crippen LogP contribution in [0.4, 0.5) is 0 Å². The first kappa shape index (κ1) is 19.7. The maximum Gasteiger partial charge on any atom is 0.270 e. The predicted octanol–water partition coefficient (Wildman–Crippen LogP) is 1.97. The van der Waals surface area contributed by atoms with E-state index in [0.717, 1.165) is 24.1 Å². The second-order valence-electron chi connectivity index (χ2n) is 8.24. The molecule has 3 aliphatic rings. The van der Waals surface area contributed by atoms with Crippen molar-refractivity contribution in [2.45, 2.75) is 32.3 Å². The van der Waals surface area contributed by atoms with E-state index in [1.165, 1.54) is 0 Å². The summed E-state index contributed by atoms with van der Waals surface area (Å²) in [5.74, 6) is 1.09. The number of hydrogen-bond acceptors (Lipinski definition) is 5. The van der Waals surface area contributed by atoms with Crippen LogP contribution in [-0.2, 0) is 11.2 Å². The number of aryl methyl sites for hydroxylation is 1. The number of ketones is 1. The van der Waals surface area contributed by atoms with Gasteiger partial charge in [0, 0.05) is 43.9 Å². The summed E-state index contributed by atoms with van der Waals surface area (Å²) in [7, 11) is 0. The van der Waals surface area contributed by atoms with Crippen LogP contribution in [0.2, 0.25) is 0 Å². The number of aromatic nitrogens is 1. The quantitative estimate of drug-likeness (QED) is 0.797. The van der Waals surface area contributed by atoms with Crippen molar-refractivity contribution in [1.29, 1.82) is 0 Å². The first-order valence-corrected chi connectivity index (χ1v) is 10.7. The van der Waals surface area contributed by atoms with Crippen LogP contribution in [0.15, 0.2) is 24.3 Å². The van der Waals surface area contributed by atoms with Gasteiger partial charge in [0.2, 0.25) is 6.10 Å². The van der Waals surface area contributed by atoms with Crippen LogP contribution in [0, 0.1) is 6.92 Å². The zero-order valence-corrected chi connectivity index (χ0v) is 17.5. The fourth-order valence-electron chi connectivity index (χ4n) is 4.62. The van der Waals surface area contributed by atoms with Gasteiger partial charge < -0.3 is 24.3 Å². The van der Waals surface area contributed by atoms with Crippen molar-refractivity contribution in [2.75, 3.05) is 32.8 Å². The molecule has 2 aliphatic heterocycles. The molecule has 1 aromatic heterocycles. The Morgan fingerprint density at radius 2 is 1.74 bits per heavy atom. The number of carbonyl (C=O) groups is 3. The summed E-state index contributed by atoms with van der Waals surface area (Å²) >= 11 is 0. The molecule has 1 saturated heterocycles. The molecule has 162 valence electrons. The standard InChI is InChI=1S/C23H25N3O5/c1-14-20-15(5-4-6-16(20)27)24-21(14)23(29)26-11-9-25(10-12-26)22(28)19-13-30-17-7-2-3-8-18(17)31-19/h2-3,7-8,19,24H,4-6,9-13H2,1H3/t19-/m1/s1. The van der Waals surface area contributed by atoms with Crippen molar-refractivity contribution in [3.05, 3.63) is 46.8 Å². The minimum absolute atomic E-state index is 0.112. The van der Waals surface area contributed by atoms with Crippen molar-refractivity contribution in [3.63, 3.8) is 0 Å². The summed E-state index contributed by atoms with van der Waals surface area (Å²) in [6, 6.07) is 7.30. The van der Waals surface area contributed by atoms with E-state index in [-0.39, 0.29) is 24.2 Å².